The zero-order valence-electron chi connectivity index (χ0n) is 23.3. The lowest BCUT2D eigenvalue weighted by molar-refractivity contribution is -0.150. The second kappa shape index (κ2) is 16.3. The molecule has 1 unspecified atom stereocenters. The van der Waals surface area contributed by atoms with Crippen LogP contribution in [0.2, 0.25) is 0 Å². The minimum absolute atomic E-state index is 0.0375. The molecule has 0 saturated carbocycles. The van der Waals surface area contributed by atoms with Gasteiger partial charge >= 0.3 is 18.2 Å². The van der Waals surface area contributed by atoms with E-state index in [9.17, 15) is 27.9 Å². The number of hydrogen-bond acceptors (Lipinski definition) is 5. The third-order valence-corrected chi connectivity index (χ3v) is 6.18. The van der Waals surface area contributed by atoms with Crippen molar-refractivity contribution in [1.82, 2.24) is 4.90 Å². The molecule has 2 N–H and O–H groups in total. The quantitative estimate of drug-likeness (QED) is 0.185. The summed E-state index contributed by atoms with van der Waals surface area (Å²) in [4.78, 5) is 25.9. The Bertz CT molecular complexity index is 1260. The molecular weight excluding hydrogens is 553 g/mol. The van der Waals surface area contributed by atoms with Crippen LogP contribution in [0, 0.1) is 0 Å². The first kappa shape index (κ1) is 32.3. The molecule has 0 aromatic heterocycles. The van der Waals surface area contributed by atoms with Crippen molar-refractivity contribution in [3.05, 3.63) is 90.0 Å². The zero-order chi connectivity index (χ0) is 30.4. The van der Waals surface area contributed by atoms with Crippen LogP contribution in [0.4, 0.5) is 23.7 Å². The monoisotopic (exact) mass is 588 g/mol. The molecule has 42 heavy (non-hydrogen) atoms. The first-order valence-electron chi connectivity index (χ1n) is 13.6. The summed E-state index contributed by atoms with van der Waals surface area (Å²) in [5.74, 6) is 0.233. The number of aliphatic carboxylic acids is 1. The van der Waals surface area contributed by atoms with E-state index < -0.39 is 29.8 Å². The fourth-order valence-electron chi connectivity index (χ4n) is 4.03. The summed E-state index contributed by atoms with van der Waals surface area (Å²) in [7, 11) is 0. The van der Waals surface area contributed by atoms with Gasteiger partial charge in [-0.3, -0.25) is 0 Å². The van der Waals surface area contributed by atoms with Crippen molar-refractivity contribution in [1.29, 1.82) is 0 Å². The molecule has 2 amide bonds. The minimum atomic E-state index is -4.53. The van der Waals surface area contributed by atoms with Crippen molar-refractivity contribution >= 4 is 17.7 Å². The Balaban J connectivity index is 1.56. The molecule has 0 heterocycles. The van der Waals surface area contributed by atoms with Gasteiger partial charge in [-0.1, -0.05) is 36.4 Å². The summed E-state index contributed by atoms with van der Waals surface area (Å²) in [5, 5.41) is 11.8. The second-order valence-electron chi connectivity index (χ2n) is 9.34. The maximum absolute atomic E-state index is 13.1. The number of urea groups is 1. The highest BCUT2D eigenvalue weighted by Crippen LogP contribution is 2.30. The Kier molecular flexibility index (Phi) is 12.5. The maximum Gasteiger partial charge on any atom is 0.416 e. The lowest BCUT2D eigenvalue weighted by Crippen LogP contribution is -2.38. The molecular formula is C31H35F3N2O6. The van der Waals surface area contributed by atoms with Crippen LogP contribution in [0.1, 0.15) is 30.9 Å². The molecule has 8 nitrogen and oxygen atoms in total. The van der Waals surface area contributed by atoms with Gasteiger partial charge in [-0.05, 0) is 67.8 Å². The lowest BCUT2D eigenvalue weighted by atomic mass is 10.1. The van der Waals surface area contributed by atoms with Crippen molar-refractivity contribution in [2.24, 2.45) is 0 Å². The largest absolute Gasteiger partial charge is 0.494 e. The van der Waals surface area contributed by atoms with Crippen molar-refractivity contribution in [2.75, 3.05) is 38.2 Å². The molecule has 0 saturated heterocycles. The molecule has 0 aliphatic carbocycles. The van der Waals surface area contributed by atoms with Gasteiger partial charge in [0.05, 0.1) is 18.7 Å². The van der Waals surface area contributed by atoms with Gasteiger partial charge in [0.15, 0.2) is 6.10 Å². The number of rotatable bonds is 16. The smallest absolute Gasteiger partial charge is 0.416 e. The number of para-hydroxylation sites is 1. The molecule has 0 radical (unpaired) electrons. The van der Waals surface area contributed by atoms with Gasteiger partial charge in [-0.15, -0.1) is 0 Å². The number of nitrogens with one attached hydrogen (secondary N) is 1. The summed E-state index contributed by atoms with van der Waals surface area (Å²) >= 11 is 0. The van der Waals surface area contributed by atoms with Gasteiger partial charge in [-0.25, -0.2) is 9.59 Å². The Labute approximate surface area is 243 Å². The third-order valence-electron chi connectivity index (χ3n) is 6.18. The van der Waals surface area contributed by atoms with Gasteiger partial charge in [0.2, 0.25) is 0 Å². The first-order chi connectivity index (χ1) is 20.2. The summed E-state index contributed by atoms with van der Waals surface area (Å²) < 4.78 is 56.1. The van der Waals surface area contributed by atoms with Gasteiger partial charge in [-0.2, -0.15) is 13.2 Å². The Morgan fingerprint density at radius 1 is 0.881 bits per heavy atom. The molecule has 0 aliphatic heterocycles. The molecule has 0 fully saturated rings. The van der Waals surface area contributed by atoms with Gasteiger partial charge in [0.1, 0.15) is 18.1 Å². The number of carbonyl (C=O) groups is 2. The van der Waals surface area contributed by atoms with Crippen LogP contribution in [0.5, 0.6) is 11.5 Å². The molecule has 0 bridgehead atoms. The van der Waals surface area contributed by atoms with Crippen LogP contribution in [0.25, 0.3) is 0 Å². The number of benzene rings is 3. The van der Waals surface area contributed by atoms with Gasteiger partial charge in [0.25, 0.3) is 0 Å². The number of carbonyl (C=O) groups excluding carboxylic acids is 1. The highest BCUT2D eigenvalue weighted by atomic mass is 19.4. The number of nitrogens with zero attached hydrogens (tertiary/aromatic N) is 1. The molecule has 0 aliphatic rings. The number of alkyl halides is 3. The lowest BCUT2D eigenvalue weighted by Gasteiger charge is -2.23. The Morgan fingerprint density at radius 3 is 2.24 bits per heavy atom. The number of carboxylic acids is 1. The van der Waals surface area contributed by atoms with E-state index >= 15 is 0 Å². The van der Waals surface area contributed by atoms with Crippen LogP contribution in [0.15, 0.2) is 78.9 Å². The summed E-state index contributed by atoms with van der Waals surface area (Å²) in [5.41, 5.74) is -0.0499. The maximum atomic E-state index is 13.1. The number of halogens is 3. The summed E-state index contributed by atoms with van der Waals surface area (Å²) in [6, 6.07) is 20.2. The van der Waals surface area contributed by atoms with Crippen molar-refractivity contribution in [2.45, 2.75) is 38.5 Å². The van der Waals surface area contributed by atoms with E-state index in [1.165, 1.54) is 17.0 Å². The number of unbranched alkanes of at least 4 members (excludes halogenated alkanes) is 1. The zero-order valence-corrected chi connectivity index (χ0v) is 23.3. The van der Waals surface area contributed by atoms with E-state index in [2.05, 4.69) is 5.32 Å². The molecule has 11 heteroatoms. The molecule has 226 valence electrons. The van der Waals surface area contributed by atoms with E-state index in [0.29, 0.717) is 31.7 Å². The Morgan fingerprint density at radius 2 is 1.57 bits per heavy atom. The topological polar surface area (TPSA) is 97.3 Å². The highest BCUT2D eigenvalue weighted by molar-refractivity contribution is 5.89. The van der Waals surface area contributed by atoms with Crippen LogP contribution in [-0.4, -0.2) is 61.0 Å². The molecule has 3 aromatic rings. The predicted octanol–water partition coefficient (Wildman–Crippen LogP) is 6.51. The standard InChI is InChI=1S/C31H35F3N2O6/c1-2-40-28(29(37)38)21-23-13-15-27(16-14-23)42-20-18-36(17-6-7-19-41-26-11-4-3-5-12-26)30(39)35-25-10-8-9-24(22-25)31(32,33)34/h3-5,8-16,22,28H,2,6-7,17-21H2,1H3,(H,35,39)(H,37,38). The molecule has 3 aromatic carbocycles. The fraction of sp³-hybridized carbons (Fsp3) is 0.355. The number of anilines is 1. The van der Waals surface area contributed by atoms with Crippen LogP contribution >= 0.6 is 0 Å². The third kappa shape index (κ3) is 11.0. The summed E-state index contributed by atoms with van der Waals surface area (Å²) in [6.45, 7) is 3.11. The van der Waals surface area contributed by atoms with E-state index in [1.807, 2.05) is 30.3 Å². The van der Waals surface area contributed by atoms with Crippen molar-refractivity contribution in [3.8, 4) is 11.5 Å². The number of ether oxygens (including phenoxy) is 3. The molecule has 0 spiro atoms. The van der Waals surface area contributed by atoms with Crippen LogP contribution in [0.3, 0.4) is 0 Å². The molecule has 1 atom stereocenters. The number of hydrogen-bond donors (Lipinski definition) is 2. The normalized spacial score (nSPS) is 11.9. The van der Waals surface area contributed by atoms with Crippen molar-refractivity contribution < 1.29 is 42.1 Å². The van der Waals surface area contributed by atoms with Crippen LogP contribution in [-0.2, 0) is 22.1 Å². The SMILES string of the molecule is CCOC(Cc1ccc(OCCN(CCCCOc2ccccc2)C(=O)Nc2cccc(C(F)(F)F)c2)cc1)C(=O)O. The van der Waals surface area contributed by atoms with E-state index in [0.717, 1.165) is 23.4 Å². The molecule has 3 rings (SSSR count). The Hall–Kier alpha value is -4.25. The predicted molar refractivity (Wildman–Crippen MR) is 152 cm³/mol. The fourth-order valence-corrected chi connectivity index (χ4v) is 4.03. The summed E-state index contributed by atoms with van der Waals surface area (Å²) in [6.07, 6.45) is -4.00. The number of amides is 2. The average molecular weight is 589 g/mol. The minimum Gasteiger partial charge on any atom is -0.494 e. The van der Waals surface area contributed by atoms with E-state index in [-0.39, 0.29) is 31.9 Å². The van der Waals surface area contributed by atoms with E-state index in [1.54, 1.807) is 31.2 Å². The second-order valence-corrected chi connectivity index (χ2v) is 9.34. The average Bonchev–Trinajstić information content (AvgIpc) is 2.97. The van der Waals surface area contributed by atoms with E-state index in [4.69, 9.17) is 14.2 Å². The number of carboxylic acid groups (broad SMARTS) is 1. The van der Waals surface area contributed by atoms with Gasteiger partial charge in [0, 0.05) is 25.3 Å². The highest BCUT2D eigenvalue weighted by Gasteiger charge is 2.30. The first-order valence-corrected chi connectivity index (χ1v) is 13.6. The van der Waals surface area contributed by atoms with Gasteiger partial charge < -0.3 is 29.5 Å². The van der Waals surface area contributed by atoms with Crippen molar-refractivity contribution in [3.63, 3.8) is 0 Å². The van der Waals surface area contributed by atoms with Crippen LogP contribution < -0.4 is 14.8 Å².